The molecule has 0 amide bonds. The molecule has 0 aliphatic rings. The summed E-state index contributed by atoms with van der Waals surface area (Å²) < 4.78 is 8.31. The van der Waals surface area contributed by atoms with Crippen LogP contribution in [0.4, 0.5) is 0 Å². The van der Waals surface area contributed by atoms with Crippen molar-refractivity contribution in [3.8, 4) is 11.7 Å². The summed E-state index contributed by atoms with van der Waals surface area (Å²) in [5, 5.41) is 0. The van der Waals surface area contributed by atoms with E-state index in [-0.39, 0.29) is 5.56 Å². The molecule has 2 aromatic rings. The lowest BCUT2D eigenvalue weighted by atomic mass is 10.4. The van der Waals surface area contributed by atoms with Crippen molar-refractivity contribution in [1.29, 1.82) is 0 Å². The number of hydrogen-bond acceptors (Lipinski definition) is 4. The van der Waals surface area contributed by atoms with Gasteiger partial charge in [0.2, 0.25) is 5.88 Å². The number of nitrogens with zero attached hydrogens (tertiary/aromatic N) is 4. The van der Waals surface area contributed by atoms with Gasteiger partial charge in [-0.15, -0.1) is 0 Å². The van der Waals surface area contributed by atoms with Gasteiger partial charge in [0.25, 0.3) is 5.56 Å². The molecule has 0 atom stereocenters. The molecule has 2 rings (SSSR count). The molecule has 0 saturated heterocycles. The summed E-state index contributed by atoms with van der Waals surface area (Å²) in [6.45, 7) is 3.63. The van der Waals surface area contributed by atoms with Gasteiger partial charge in [0.05, 0.1) is 7.11 Å². The number of aryl methyl sites for hydroxylation is 2. The van der Waals surface area contributed by atoms with Crippen LogP contribution < -0.4 is 10.3 Å². The van der Waals surface area contributed by atoms with Crippen molar-refractivity contribution in [3.05, 3.63) is 34.0 Å². The SMILES string of the molecule is COc1cc(-n2c(C)cc(=O)n2C)nc(C)n1. The molecule has 0 bridgehead atoms. The summed E-state index contributed by atoms with van der Waals surface area (Å²) in [6.07, 6.45) is 0. The standard InChI is InChI=1S/C11H14N4O2/c1-7-5-11(16)14(3)15(7)9-6-10(17-4)13-8(2)12-9/h5-6H,1-4H3. The molecule has 0 aromatic carbocycles. The highest BCUT2D eigenvalue weighted by Gasteiger charge is 2.10. The number of hydrogen-bond donors (Lipinski definition) is 0. The first kappa shape index (κ1) is 11.4. The molecule has 0 aliphatic carbocycles. The highest BCUT2D eigenvalue weighted by Crippen LogP contribution is 2.13. The van der Waals surface area contributed by atoms with E-state index in [2.05, 4.69) is 9.97 Å². The third-order valence-corrected chi connectivity index (χ3v) is 2.51. The second kappa shape index (κ2) is 4.04. The van der Waals surface area contributed by atoms with E-state index in [9.17, 15) is 4.79 Å². The fraction of sp³-hybridized carbons (Fsp3) is 0.364. The Hall–Kier alpha value is -2.11. The summed E-state index contributed by atoms with van der Waals surface area (Å²) in [7, 11) is 3.24. The zero-order valence-electron chi connectivity index (χ0n) is 10.3. The zero-order valence-corrected chi connectivity index (χ0v) is 10.3. The highest BCUT2D eigenvalue weighted by atomic mass is 16.5. The first-order valence-corrected chi connectivity index (χ1v) is 5.18. The van der Waals surface area contributed by atoms with Gasteiger partial charge in [0.15, 0.2) is 5.82 Å². The van der Waals surface area contributed by atoms with Crippen molar-refractivity contribution < 1.29 is 4.74 Å². The van der Waals surface area contributed by atoms with Gasteiger partial charge < -0.3 is 4.74 Å². The molecule has 0 saturated carbocycles. The van der Waals surface area contributed by atoms with Crippen LogP contribution in [0.1, 0.15) is 11.5 Å². The van der Waals surface area contributed by atoms with Crippen LogP contribution in [0.25, 0.3) is 5.82 Å². The lowest BCUT2D eigenvalue weighted by molar-refractivity contribution is 0.394. The first-order chi connectivity index (χ1) is 8.02. The topological polar surface area (TPSA) is 61.9 Å². The Morgan fingerprint density at radius 3 is 2.47 bits per heavy atom. The summed E-state index contributed by atoms with van der Waals surface area (Å²) >= 11 is 0. The van der Waals surface area contributed by atoms with Gasteiger partial charge in [0, 0.05) is 24.9 Å². The Morgan fingerprint density at radius 2 is 1.94 bits per heavy atom. The van der Waals surface area contributed by atoms with E-state index in [0.717, 1.165) is 5.69 Å². The van der Waals surface area contributed by atoms with Gasteiger partial charge in [-0.1, -0.05) is 0 Å². The summed E-state index contributed by atoms with van der Waals surface area (Å²) in [5.41, 5.74) is 0.746. The molecule has 17 heavy (non-hydrogen) atoms. The Labute approximate surface area is 98.5 Å². The molecule has 90 valence electrons. The molecule has 6 heteroatoms. The molecule has 0 radical (unpaired) electrons. The Kier molecular flexibility index (Phi) is 2.71. The third-order valence-electron chi connectivity index (χ3n) is 2.51. The lowest BCUT2D eigenvalue weighted by Crippen LogP contribution is -2.19. The fourth-order valence-electron chi connectivity index (χ4n) is 1.74. The van der Waals surface area contributed by atoms with Crippen LogP contribution >= 0.6 is 0 Å². The molecular formula is C11H14N4O2. The Balaban J connectivity index is 2.68. The van der Waals surface area contributed by atoms with E-state index < -0.39 is 0 Å². The minimum absolute atomic E-state index is 0.0715. The van der Waals surface area contributed by atoms with E-state index in [1.807, 2.05) is 6.92 Å². The molecule has 0 aliphatic heterocycles. The van der Waals surface area contributed by atoms with Gasteiger partial charge in [-0.2, -0.15) is 4.98 Å². The largest absolute Gasteiger partial charge is 0.481 e. The van der Waals surface area contributed by atoms with Crippen LogP contribution in [0.15, 0.2) is 16.9 Å². The van der Waals surface area contributed by atoms with Gasteiger partial charge in [-0.05, 0) is 13.8 Å². The normalized spacial score (nSPS) is 10.6. The van der Waals surface area contributed by atoms with Crippen LogP contribution in [-0.4, -0.2) is 26.4 Å². The van der Waals surface area contributed by atoms with Gasteiger partial charge in [-0.3, -0.25) is 4.79 Å². The molecule has 2 heterocycles. The average Bonchev–Trinajstić information content (AvgIpc) is 2.52. The second-order valence-electron chi connectivity index (χ2n) is 3.78. The Morgan fingerprint density at radius 1 is 1.24 bits per heavy atom. The zero-order chi connectivity index (χ0) is 12.6. The number of rotatable bonds is 2. The van der Waals surface area contributed by atoms with Crippen molar-refractivity contribution in [2.75, 3.05) is 7.11 Å². The van der Waals surface area contributed by atoms with Crippen molar-refractivity contribution in [2.45, 2.75) is 13.8 Å². The number of methoxy groups -OCH3 is 1. The highest BCUT2D eigenvalue weighted by molar-refractivity contribution is 5.29. The Bertz CT molecular complexity index is 612. The van der Waals surface area contributed by atoms with E-state index in [1.54, 1.807) is 37.9 Å². The molecule has 0 fully saturated rings. The summed E-state index contributed by atoms with van der Waals surface area (Å²) in [5.74, 6) is 1.70. The van der Waals surface area contributed by atoms with Crippen molar-refractivity contribution in [1.82, 2.24) is 19.3 Å². The van der Waals surface area contributed by atoms with Crippen molar-refractivity contribution in [2.24, 2.45) is 7.05 Å². The maximum atomic E-state index is 11.5. The van der Waals surface area contributed by atoms with Crippen LogP contribution in [0.2, 0.25) is 0 Å². The lowest BCUT2D eigenvalue weighted by Gasteiger charge is -2.10. The molecule has 0 N–H and O–H groups in total. The predicted molar refractivity (Wildman–Crippen MR) is 62.6 cm³/mol. The number of aromatic nitrogens is 4. The third kappa shape index (κ3) is 1.93. The smallest absolute Gasteiger partial charge is 0.267 e. The molecule has 0 spiro atoms. The minimum atomic E-state index is -0.0715. The maximum Gasteiger partial charge on any atom is 0.267 e. The number of ether oxygens (including phenoxy) is 1. The quantitative estimate of drug-likeness (QED) is 0.763. The van der Waals surface area contributed by atoms with E-state index in [1.165, 1.54) is 4.68 Å². The maximum absolute atomic E-state index is 11.5. The predicted octanol–water partition coefficient (Wildman–Crippen LogP) is 0.591. The van der Waals surface area contributed by atoms with Crippen molar-refractivity contribution >= 4 is 0 Å². The van der Waals surface area contributed by atoms with E-state index >= 15 is 0 Å². The van der Waals surface area contributed by atoms with Crippen LogP contribution in [0.3, 0.4) is 0 Å². The molecule has 0 unspecified atom stereocenters. The monoisotopic (exact) mass is 234 g/mol. The molecule has 6 nitrogen and oxygen atoms in total. The van der Waals surface area contributed by atoms with Crippen molar-refractivity contribution in [3.63, 3.8) is 0 Å². The average molecular weight is 234 g/mol. The summed E-state index contributed by atoms with van der Waals surface area (Å²) in [6, 6.07) is 3.25. The van der Waals surface area contributed by atoms with Gasteiger partial charge >= 0.3 is 0 Å². The second-order valence-corrected chi connectivity index (χ2v) is 3.78. The first-order valence-electron chi connectivity index (χ1n) is 5.18. The molecular weight excluding hydrogens is 220 g/mol. The van der Waals surface area contributed by atoms with Gasteiger partial charge in [-0.25, -0.2) is 14.3 Å². The summed E-state index contributed by atoms with van der Waals surface area (Å²) in [4.78, 5) is 19.9. The van der Waals surface area contributed by atoms with E-state index in [4.69, 9.17) is 4.74 Å². The molecule has 2 aromatic heterocycles. The van der Waals surface area contributed by atoms with Crippen LogP contribution in [-0.2, 0) is 7.05 Å². The van der Waals surface area contributed by atoms with Crippen LogP contribution in [0.5, 0.6) is 5.88 Å². The minimum Gasteiger partial charge on any atom is -0.481 e. The fourth-order valence-corrected chi connectivity index (χ4v) is 1.74. The van der Waals surface area contributed by atoms with E-state index in [0.29, 0.717) is 17.5 Å². The van der Waals surface area contributed by atoms with Gasteiger partial charge in [0.1, 0.15) is 5.82 Å². The van der Waals surface area contributed by atoms with Crippen LogP contribution in [0, 0.1) is 13.8 Å².